The molecule has 1 fully saturated rings. The monoisotopic (exact) mass is 379 g/mol. The lowest BCUT2D eigenvalue weighted by Gasteiger charge is -2.33. The van der Waals surface area contributed by atoms with Gasteiger partial charge in [0.1, 0.15) is 0 Å². The third-order valence-corrected chi connectivity index (χ3v) is 4.42. The van der Waals surface area contributed by atoms with Crippen molar-refractivity contribution in [1.82, 2.24) is 14.9 Å². The van der Waals surface area contributed by atoms with Crippen LogP contribution >= 0.6 is 0 Å². The highest BCUT2D eigenvalue weighted by molar-refractivity contribution is 5.76. The topological polar surface area (TPSA) is 55.3 Å². The number of nitrogens with zero attached hydrogens (tertiary/aromatic N) is 3. The van der Waals surface area contributed by atoms with Gasteiger partial charge >= 0.3 is 6.18 Å². The van der Waals surface area contributed by atoms with Crippen molar-refractivity contribution in [2.75, 3.05) is 19.7 Å². The van der Waals surface area contributed by atoms with E-state index in [1.54, 1.807) is 29.6 Å². The Labute approximate surface area is 155 Å². The summed E-state index contributed by atoms with van der Waals surface area (Å²) in [6.45, 7) is 1.23. The van der Waals surface area contributed by atoms with Gasteiger partial charge in [-0.05, 0) is 18.1 Å². The van der Waals surface area contributed by atoms with Crippen LogP contribution in [0.2, 0.25) is 0 Å². The third kappa shape index (κ3) is 5.50. The molecule has 0 aliphatic carbocycles. The van der Waals surface area contributed by atoms with Crippen LogP contribution in [0, 0.1) is 0 Å². The summed E-state index contributed by atoms with van der Waals surface area (Å²) in [6, 6.07) is 5.23. The van der Waals surface area contributed by atoms with Crippen LogP contribution in [0.5, 0.6) is 0 Å². The van der Waals surface area contributed by atoms with E-state index in [2.05, 4.69) is 9.97 Å². The number of carbonyl (C=O) groups is 1. The highest BCUT2D eigenvalue weighted by Crippen LogP contribution is 2.30. The number of hydrogen-bond acceptors (Lipinski definition) is 4. The summed E-state index contributed by atoms with van der Waals surface area (Å²) in [5.41, 5.74) is 0.621. The van der Waals surface area contributed by atoms with E-state index in [0.717, 1.165) is 17.8 Å². The van der Waals surface area contributed by atoms with Crippen molar-refractivity contribution < 1.29 is 22.7 Å². The first kappa shape index (κ1) is 19.3. The number of benzene rings is 1. The zero-order valence-electron chi connectivity index (χ0n) is 14.7. The van der Waals surface area contributed by atoms with Crippen molar-refractivity contribution in [3.05, 3.63) is 59.7 Å². The number of aryl methyl sites for hydroxylation is 1. The van der Waals surface area contributed by atoms with Gasteiger partial charge in [0, 0.05) is 44.5 Å². The molecule has 144 valence electrons. The van der Waals surface area contributed by atoms with Crippen molar-refractivity contribution in [3.63, 3.8) is 0 Å². The predicted octanol–water partition coefficient (Wildman–Crippen LogP) is 2.90. The van der Waals surface area contributed by atoms with E-state index < -0.39 is 11.7 Å². The molecule has 27 heavy (non-hydrogen) atoms. The molecule has 3 rings (SSSR count). The number of aromatic nitrogens is 2. The lowest BCUT2D eigenvalue weighted by Crippen LogP contribution is -2.46. The van der Waals surface area contributed by atoms with Crippen molar-refractivity contribution in [3.8, 4) is 0 Å². The predicted molar refractivity (Wildman–Crippen MR) is 91.8 cm³/mol. The zero-order valence-corrected chi connectivity index (χ0v) is 14.7. The first-order valence-corrected chi connectivity index (χ1v) is 8.72. The molecule has 1 aromatic heterocycles. The Kier molecular flexibility index (Phi) is 6.05. The maximum atomic E-state index is 12.8. The van der Waals surface area contributed by atoms with Gasteiger partial charge in [-0.25, -0.2) is 0 Å². The van der Waals surface area contributed by atoms with Crippen molar-refractivity contribution in [2.24, 2.45) is 0 Å². The van der Waals surface area contributed by atoms with E-state index in [0.29, 0.717) is 44.5 Å². The highest BCUT2D eigenvalue weighted by Gasteiger charge is 2.31. The summed E-state index contributed by atoms with van der Waals surface area (Å²) in [5, 5.41) is 0. The Balaban J connectivity index is 1.55. The molecule has 0 saturated carbocycles. The van der Waals surface area contributed by atoms with Gasteiger partial charge < -0.3 is 9.64 Å². The molecule has 8 heteroatoms. The number of amides is 1. The normalized spacial score (nSPS) is 17.7. The molecule has 0 unspecified atom stereocenters. The van der Waals surface area contributed by atoms with E-state index in [-0.39, 0.29) is 12.0 Å². The van der Waals surface area contributed by atoms with Gasteiger partial charge in [-0.15, -0.1) is 0 Å². The number of halogens is 3. The molecule has 0 radical (unpaired) electrons. The number of alkyl halides is 3. The standard InChI is InChI=1S/C19H20F3N3O2/c20-19(21,22)15-3-1-2-14(10-15)11-17-13-25(8-9-27-17)18(26)5-4-16-12-23-6-7-24-16/h1-3,6-7,10,12,17H,4-5,8-9,11,13H2/t17-/m1/s1. The van der Waals surface area contributed by atoms with Crippen molar-refractivity contribution >= 4 is 5.91 Å². The van der Waals surface area contributed by atoms with Crippen molar-refractivity contribution in [1.29, 1.82) is 0 Å². The first-order chi connectivity index (χ1) is 12.9. The molecular weight excluding hydrogens is 359 g/mol. The summed E-state index contributed by atoms with van der Waals surface area (Å²) >= 11 is 0. The Bertz CT molecular complexity index is 768. The van der Waals surface area contributed by atoms with Gasteiger partial charge in [0.05, 0.1) is 24.0 Å². The van der Waals surface area contributed by atoms with Crippen LogP contribution in [-0.4, -0.2) is 46.6 Å². The number of hydrogen-bond donors (Lipinski definition) is 0. The summed E-state index contributed by atoms with van der Waals surface area (Å²) in [4.78, 5) is 22.3. The van der Waals surface area contributed by atoms with Crippen LogP contribution in [0.15, 0.2) is 42.9 Å². The largest absolute Gasteiger partial charge is 0.416 e. The first-order valence-electron chi connectivity index (χ1n) is 8.72. The molecule has 1 aliphatic rings. The quantitative estimate of drug-likeness (QED) is 0.802. The van der Waals surface area contributed by atoms with Crippen LogP contribution in [0.3, 0.4) is 0 Å². The molecule has 1 amide bonds. The second-order valence-corrected chi connectivity index (χ2v) is 6.43. The fraction of sp³-hybridized carbons (Fsp3) is 0.421. The molecule has 0 bridgehead atoms. The Morgan fingerprint density at radius 2 is 2.15 bits per heavy atom. The maximum Gasteiger partial charge on any atom is 0.416 e. The smallest absolute Gasteiger partial charge is 0.374 e. The van der Waals surface area contributed by atoms with E-state index in [9.17, 15) is 18.0 Å². The lowest BCUT2D eigenvalue weighted by molar-refractivity contribution is -0.138. The van der Waals surface area contributed by atoms with E-state index >= 15 is 0 Å². The fourth-order valence-electron chi connectivity index (χ4n) is 3.06. The molecule has 0 N–H and O–H groups in total. The molecule has 5 nitrogen and oxygen atoms in total. The number of carbonyl (C=O) groups excluding carboxylic acids is 1. The lowest BCUT2D eigenvalue weighted by atomic mass is 10.0. The molecule has 2 heterocycles. The maximum absolute atomic E-state index is 12.8. The summed E-state index contributed by atoms with van der Waals surface area (Å²) in [7, 11) is 0. The molecule has 2 aromatic rings. The minimum atomic E-state index is -4.37. The van der Waals surface area contributed by atoms with Crippen LogP contribution in [0.25, 0.3) is 0 Å². The van der Waals surface area contributed by atoms with Crippen molar-refractivity contribution in [2.45, 2.75) is 31.5 Å². The van der Waals surface area contributed by atoms with Crippen LogP contribution in [0.4, 0.5) is 13.2 Å². The molecule has 1 aromatic carbocycles. The molecule has 1 saturated heterocycles. The summed E-state index contributed by atoms with van der Waals surface area (Å²) in [5.74, 6) is -0.0157. The highest BCUT2D eigenvalue weighted by atomic mass is 19.4. The summed E-state index contributed by atoms with van der Waals surface area (Å²) in [6.07, 6.45) is 1.25. The second-order valence-electron chi connectivity index (χ2n) is 6.43. The van der Waals surface area contributed by atoms with Gasteiger partial charge in [-0.1, -0.05) is 18.2 Å². The van der Waals surface area contributed by atoms with Gasteiger partial charge in [0.25, 0.3) is 0 Å². The fourth-order valence-corrected chi connectivity index (χ4v) is 3.06. The summed E-state index contributed by atoms with van der Waals surface area (Å²) < 4.78 is 44.2. The van der Waals surface area contributed by atoms with Crippen LogP contribution in [0.1, 0.15) is 23.2 Å². The zero-order chi connectivity index (χ0) is 19.3. The Hall–Kier alpha value is -2.48. The van der Waals surface area contributed by atoms with E-state index in [1.165, 1.54) is 6.07 Å². The Morgan fingerprint density at radius 3 is 2.89 bits per heavy atom. The average molecular weight is 379 g/mol. The van der Waals surface area contributed by atoms with Crippen LogP contribution < -0.4 is 0 Å². The second kappa shape index (κ2) is 8.47. The SMILES string of the molecule is O=C(CCc1cnccn1)N1CCO[C@H](Cc2cccc(C(F)(F)F)c2)C1. The van der Waals surface area contributed by atoms with E-state index in [4.69, 9.17) is 4.74 Å². The van der Waals surface area contributed by atoms with E-state index in [1.807, 2.05) is 0 Å². The van der Waals surface area contributed by atoms with Gasteiger partial charge in [0.2, 0.25) is 5.91 Å². The van der Waals surface area contributed by atoms with Crippen LogP contribution in [-0.2, 0) is 28.5 Å². The minimum absolute atomic E-state index is 0.0157. The third-order valence-electron chi connectivity index (χ3n) is 4.42. The number of morpholine rings is 1. The van der Waals surface area contributed by atoms with Gasteiger partial charge in [0.15, 0.2) is 0 Å². The molecule has 1 aliphatic heterocycles. The molecule has 1 atom stereocenters. The average Bonchev–Trinajstić information content (AvgIpc) is 2.67. The minimum Gasteiger partial charge on any atom is -0.374 e. The number of ether oxygens (including phenoxy) is 1. The van der Waals surface area contributed by atoms with Gasteiger partial charge in [-0.2, -0.15) is 13.2 Å². The van der Waals surface area contributed by atoms with Gasteiger partial charge in [-0.3, -0.25) is 14.8 Å². The molecule has 0 spiro atoms. The Morgan fingerprint density at radius 1 is 1.30 bits per heavy atom. The molecular formula is C19H20F3N3O2. The number of rotatable bonds is 5.